The molecule has 1 fully saturated rings. The minimum absolute atomic E-state index is 0.131. The Bertz CT molecular complexity index is 848. The lowest BCUT2D eigenvalue weighted by Gasteiger charge is -2.19. The van der Waals surface area contributed by atoms with Crippen molar-refractivity contribution in [3.63, 3.8) is 0 Å². The fourth-order valence-corrected chi connectivity index (χ4v) is 3.10. The van der Waals surface area contributed by atoms with Crippen LogP contribution in [-0.4, -0.2) is 39.9 Å². The van der Waals surface area contributed by atoms with Crippen molar-refractivity contribution in [2.45, 2.75) is 12.5 Å². The quantitative estimate of drug-likeness (QED) is 0.760. The highest BCUT2D eigenvalue weighted by molar-refractivity contribution is 5.89. The third-order valence-corrected chi connectivity index (χ3v) is 4.39. The number of amides is 2. The van der Waals surface area contributed by atoms with E-state index in [4.69, 9.17) is 0 Å². The molecule has 0 bridgehead atoms. The van der Waals surface area contributed by atoms with Crippen LogP contribution >= 0.6 is 0 Å². The maximum Gasteiger partial charge on any atom is 0.319 e. The third-order valence-electron chi connectivity index (χ3n) is 4.39. The molecule has 2 amide bonds. The summed E-state index contributed by atoms with van der Waals surface area (Å²) in [5.74, 6) is 0.704. The zero-order valence-electron chi connectivity index (χ0n) is 14.2. The summed E-state index contributed by atoms with van der Waals surface area (Å²) in [7, 11) is 0. The van der Waals surface area contributed by atoms with Gasteiger partial charge in [0.15, 0.2) is 5.82 Å². The lowest BCUT2D eigenvalue weighted by atomic mass is 10.3. The first kappa shape index (κ1) is 16.1. The molecule has 7 heteroatoms. The van der Waals surface area contributed by atoms with E-state index < -0.39 is 0 Å². The number of benzene rings is 1. The van der Waals surface area contributed by atoms with E-state index in [1.54, 1.807) is 17.1 Å². The summed E-state index contributed by atoms with van der Waals surface area (Å²) in [5, 5.41) is 9.99. The predicted octanol–water partition coefficient (Wildman–Crippen LogP) is 2.67. The lowest BCUT2D eigenvalue weighted by Crippen LogP contribution is -2.39. The molecule has 3 heterocycles. The molecule has 132 valence electrons. The Hall–Kier alpha value is -3.35. The van der Waals surface area contributed by atoms with Crippen molar-refractivity contribution < 1.29 is 4.79 Å². The van der Waals surface area contributed by atoms with Gasteiger partial charge in [-0.3, -0.25) is 0 Å². The van der Waals surface area contributed by atoms with E-state index in [0.717, 1.165) is 19.5 Å². The number of hydrogen-bond acceptors (Lipinski definition) is 4. The second kappa shape index (κ2) is 7.26. The number of urea groups is 1. The van der Waals surface area contributed by atoms with E-state index in [9.17, 15) is 4.79 Å². The van der Waals surface area contributed by atoms with Gasteiger partial charge < -0.3 is 15.5 Å². The van der Waals surface area contributed by atoms with Crippen molar-refractivity contribution in [2.75, 3.05) is 23.3 Å². The Morgan fingerprint density at radius 1 is 1.12 bits per heavy atom. The fourth-order valence-electron chi connectivity index (χ4n) is 3.10. The first-order valence-corrected chi connectivity index (χ1v) is 8.61. The molecule has 0 aliphatic carbocycles. The zero-order valence-corrected chi connectivity index (χ0v) is 14.2. The second-order valence-corrected chi connectivity index (χ2v) is 6.22. The summed E-state index contributed by atoms with van der Waals surface area (Å²) in [6, 6.07) is 15.6. The molecule has 7 nitrogen and oxygen atoms in total. The summed E-state index contributed by atoms with van der Waals surface area (Å²) in [4.78, 5) is 18.8. The SMILES string of the molecule is O=C(Nc1ccc(-n2cccn2)nc1)N[C@@H]1CCN(c2ccccc2)C1. The van der Waals surface area contributed by atoms with Gasteiger partial charge in [0, 0.05) is 37.2 Å². The molecular weight excluding hydrogens is 328 g/mol. The van der Waals surface area contributed by atoms with Crippen LogP contribution in [0.5, 0.6) is 0 Å². The molecule has 0 spiro atoms. The van der Waals surface area contributed by atoms with Crippen LogP contribution in [0.25, 0.3) is 5.82 Å². The number of nitrogens with zero attached hydrogens (tertiary/aromatic N) is 4. The summed E-state index contributed by atoms with van der Waals surface area (Å²) in [6.45, 7) is 1.75. The van der Waals surface area contributed by atoms with Crippen molar-refractivity contribution in [3.05, 3.63) is 67.1 Å². The molecule has 0 saturated carbocycles. The minimum atomic E-state index is -0.210. The van der Waals surface area contributed by atoms with E-state index in [-0.39, 0.29) is 12.1 Å². The smallest absolute Gasteiger partial charge is 0.319 e. The molecule has 1 aliphatic heterocycles. The van der Waals surface area contributed by atoms with Gasteiger partial charge in [0.2, 0.25) is 0 Å². The van der Waals surface area contributed by atoms with Gasteiger partial charge in [0.1, 0.15) is 0 Å². The van der Waals surface area contributed by atoms with Crippen LogP contribution in [0.2, 0.25) is 0 Å². The van der Waals surface area contributed by atoms with Gasteiger partial charge in [0.25, 0.3) is 0 Å². The highest BCUT2D eigenvalue weighted by Gasteiger charge is 2.23. The maximum atomic E-state index is 12.2. The summed E-state index contributed by atoms with van der Waals surface area (Å²) in [6.07, 6.45) is 6.07. The molecule has 3 aromatic rings. The van der Waals surface area contributed by atoms with Crippen LogP contribution in [0, 0.1) is 0 Å². The summed E-state index contributed by atoms with van der Waals surface area (Å²) >= 11 is 0. The number of anilines is 2. The topological polar surface area (TPSA) is 75.1 Å². The fraction of sp³-hybridized carbons (Fsp3) is 0.211. The van der Waals surface area contributed by atoms with Gasteiger partial charge in [0.05, 0.1) is 11.9 Å². The van der Waals surface area contributed by atoms with Crippen molar-refractivity contribution in [3.8, 4) is 5.82 Å². The van der Waals surface area contributed by atoms with Gasteiger partial charge in [-0.25, -0.2) is 14.5 Å². The Morgan fingerprint density at radius 2 is 2.00 bits per heavy atom. The maximum absolute atomic E-state index is 12.2. The predicted molar refractivity (Wildman–Crippen MR) is 101 cm³/mol. The van der Waals surface area contributed by atoms with Crippen molar-refractivity contribution in [1.29, 1.82) is 0 Å². The number of para-hydroxylation sites is 1. The largest absolute Gasteiger partial charge is 0.369 e. The van der Waals surface area contributed by atoms with E-state index in [1.165, 1.54) is 5.69 Å². The number of hydrogen-bond donors (Lipinski definition) is 2. The Kier molecular flexibility index (Phi) is 4.51. The molecule has 26 heavy (non-hydrogen) atoms. The zero-order chi connectivity index (χ0) is 17.8. The normalized spacial score (nSPS) is 16.5. The second-order valence-electron chi connectivity index (χ2n) is 6.22. The van der Waals surface area contributed by atoms with Gasteiger partial charge in [-0.1, -0.05) is 18.2 Å². The van der Waals surface area contributed by atoms with Gasteiger partial charge in [-0.2, -0.15) is 5.10 Å². The molecule has 1 saturated heterocycles. The lowest BCUT2D eigenvalue weighted by molar-refractivity contribution is 0.249. The summed E-state index contributed by atoms with van der Waals surface area (Å²) < 4.78 is 1.67. The number of nitrogens with one attached hydrogen (secondary N) is 2. The Morgan fingerprint density at radius 3 is 2.73 bits per heavy atom. The van der Waals surface area contributed by atoms with Crippen molar-refractivity contribution in [2.24, 2.45) is 0 Å². The average Bonchev–Trinajstić information content (AvgIpc) is 3.35. The van der Waals surface area contributed by atoms with E-state index in [2.05, 4.69) is 37.7 Å². The number of carbonyl (C=O) groups excluding carboxylic acids is 1. The number of pyridine rings is 1. The van der Waals surface area contributed by atoms with Crippen LogP contribution in [0.15, 0.2) is 67.1 Å². The first-order chi connectivity index (χ1) is 12.8. The van der Waals surface area contributed by atoms with Gasteiger partial charge >= 0.3 is 6.03 Å². The standard InChI is InChI=1S/C19H20N6O/c26-19(22-15-7-8-18(20-13-15)25-11-4-10-21-25)23-16-9-12-24(14-16)17-5-2-1-3-6-17/h1-8,10-11,13,16H,9,12,14H2,(H2,22,23,26)/t16-/m1/s1. The van der Waals surface area contributed by atoms with Crippen LogP contribution in [0.4, 0.5) is 16.2 Å². The minimum Gasteiger partial charge on any atom is -0.369 e. The first-order valence-electron chi connectivity index (χ1n) is 8.61. The number of rotatable bonds is 4. The monoisotopic (exact) mass is 348 g/mol. The highest BCUT2D eigenvalue weighted by atomic mass is 16.2. The highest BCUT2D eigenvalue weighted by Crippen LogP contribution is 2.19. The molecular formula is C19H20N6O. The van der Waals surface area contributed by atoms with E-state index >= 15 is 0 Å². The Labute approximate surface area is 151 Å². The molecule has 0 unspecified atom stereocenters. The van der Waals surface area contributed by atoms with Gasteiger partial charge in [-0.05, 0) is 36.8 Å². The number of aromatic nitrogens is 3. The van der Waals surface area contributed by atoms with E-state index in [1.807, 2.05) is 42.6 Å². The van der Waals surface area contributed by atoms with Crippen LogP contribution in [0.3, 0.4) is 0 Å². The molecule has 1 aromatic carbocycles. The molecule has 0 radical (unpaired) electrons. The number of carbonyl (C=O) groups is 1. The van der Waals surface area contributed by atoms with Crippen LogP contribution < -0.4 is 15.5 Å². The molecule has 4 rings (SSSR count). The van der Waals surface area contributed by atoms with Crippen molar-refractivity contribution in [1.82, 2.24) is 20.1 Å². The van der Waals surface area contributed by atoms with Crippen molar-refractivity contribution >= 4 is 17.4 Å². The van der Waals surface area contributed by atoms with Crippen LogP contribution in [-0.2, 0) is 0 Å². The average molecular weight is 348 g/mol. The van der Waals surface area contributed by atoms with Crippen LogP contribution in [0.1, 0.15) is 6.42 Å². The Balaban J connectivity index is 1.30. The molecule has 2 N–H and O–H groups in total. The molecule has 1 aliphatic rings. The van der Waals surface area contributed by atoms with E-state index in [0.29, 0.717) is 11.5 Å². The van der Waals surface area contributed by atoms with Gasteiger partial charge in [-0.15, -0.1) is 0 Å². The summed E-state index contributed by atoms with van der Waals surface area (Å²) in [5.41, 5.74) is 1.84. The molecule has 1 atom stereocenters. The molecule has 2 aromatic heterocycles. The third kappa shape index (κ3) is 3.66.